The van der Waals surface area contributed by atoms with E-state index in [1.807, 2.05) is 11.8 Å². The second-order valence-corrected chi connectivity index (χ2v) is 6.10. The molecular weight excluding hydrogens is 270 g/mol. The first-order chi connectivity index (χ1) is 9.13. The molecule has 1 aliphatic carbocycles. The number of rotatable bonds is 5. The summed E-state index contributed by atoms with van der Waals surface area (Å²) >= 11 is 1.92. The number of halogens is 2. The number of anilines is 2. The first-order valence-electron chi connectivity index (χ1n) is 6.34. The number of nitrogen functional groups attached to an aromatic ring is 1. The molecule has 0 aliphatic heterocycles. The van der Waals surface area contributed by atoms with E-state index in [9.17, 15) is 8.78 Å². The molecule has 0 spiro atoms. The van der Waals surface area contributed by atoms with Crippen molar-refractivity contribution in [3.8, 4) is 0 Å². The van der Waals surface area contributed by atoms with Gasteiger partial charge in [0, 0.05) is 17.4 Å². The van der Waals surface area contributed by atoms with Gasteiger partial charge in [0.25, 0.3) is 0 Å². The summed E-state index contributed by atoms with van der Waals surface area (Å²) in [6.45, 7) is 2.13. The van der Waals surface area contributed by atoms with Gasteiger partial charge in [-0.15, -0.1) is 0 Å². The van der Waals surface area contributed by atoms with E-state index in [1.54, 1.807) is 0 Å². The molecule has 0 bridgehead atoms. The van der Waals surface area contributed by atoms with Gasteiger partial charge >= 0.3 is 0 Å². The molecule has 1 aliphatic rings. The van der Waals surface area contributed by atoms with Crippen LogP contribution in [0.1, 0.15) is 26.2 Å². The Morgan fingerprint density at radius 3 is 2.79 bits per heavy atom. The van der Waals surface area contributed by atoms with E-state index in [1.165, 1.54) is 0 Å². The number of nitrogens with two attached hydrogens (primary N) is 1. The highest BCUT2D eigenvalue weighted by Gasteiger charge is 2.25. The van der Waals surface area contributed by atoms with Crippen LogP contribution < -0.4 is 16.6 Å². The molecule has 4 N–H and O–H groups in total. The zero-order valence-corrected chi connectivity index (χ0v) is 11.6. The van der Waals surface area contributed by atoms with Crippen molar-refractivity contribution in [2.24, 2.45) is 5.84 Å². The molecule has 0 radical (unpaired) electrons. The molecule has 19 heavy (non-hydrogen) atoms. The number of nitrogens with zero attached hydrogens (tertiary/aromatic N) is 1. The summed E-state index contributed by atoms with van der Waals surface area (Å²) in [5, 5.41) is 3.65. The van der Waals surface area contributed by atoms with Crippen molar-refractivity contribution in [2.75, 3.05) is 16.5 Å². The van der Waals surface area contributed by atoms with Crippen LogP contribution in [0.25, 0.3) is 0 Å². The van der Waals surface area contributed by atoms with Gasteiger partial charge in [0.2, 0.25) is 0 Å². The van der Waals surface area contributed by atoms with Gasteiger partial charge in [-0.05, 0) is 25.0 Å². The van der Waals surface area contributed by atoms with Crippen molar-refractivity contribution < 1.29 is 8.78 Å². The molecular formula is C12H18F2N4S. The van der Waals surface area contributed by atoms with Crippen LogP contribution in [-0.4, -0.2) is 22.0 Å². The summed E-state index contributed by atoms with van der Waals surface area (Å²) in [4.78, 5) is 3.82. The topological polar surface area (TPSA) is 63.0 Å². The predicted molar refractivity (Wildman–Crippen MR) is 75.1 cm³/mol. The van der Waals surface area contributed by atoms with Crippen LogP contribution in [-0.2, 0) is 0 Å². The van der Waals surface area contributed by atoms with E-state index in [2.05, 4.69) is 22.7 Å². The summed E-state index contributed by atoms with van der Waals surface area (Å²) in [6.07, 6.45) is 3.06. The molecule has 2 atom stereocenters. The molecule has 1 aromatic heterocycles. The minimum Gasteiger partial charge on any atom is -0.365 e. The van der Waals surface area contributed by atoms with Crippen molar-refractivity contribution in [3.63, 3.8) is 0 Å². The highest BCUT2D eigenvalue weighted by atomic mass is 32.2. The second kappa shape index (κ2) is 6.38. The summed E-state index contributed by atoms with van der Waals surface area (Å²) in [5.41, 5.74) is 2.12. The van der Waals surface area contributed by atoms with Crippen molar-refractivity contribution >= 4 is 23.4 Å². The van der Waals surface area contributed by atoms with Crippen LogP contribution in [0.5, 0.6) is 0 Å². The van der Waals surface area contributed by atoms with Gasteiger partial charge in [0.05, 0.1) is 0 Å². The first-order valence-corrected chi connectivity index (χ1v) is 7.39. The molecule has 1 fully saturated rings. The van der Waals surface area contributed by atoms with Crippen molar-refractivity contribution in [1.82, 2.24) is 4.98 Å². The molecule has 0 saturated heterocycles. The lowest BCUT2D eigenvalue weighted by atomic mass is 10.2. The number of nitrogens with one attached hydrogen (secondary N) is 2. The van der Waals surface area contributed by atoms with Crippen LogP contribution in [0.15, 0.2) is 6.07 Å². The van der Waals surface area contributed by atoms with Crippen LogP contribution in [0, 0.1) is 11.6 Å². The Morgan fingerprint density at radius 2 is 2.11 bits per heavy atom. The summed E-state index contributed by atoms with van der Waals surface area (Å²) < 4.78 is 26.9. The molecule has 0 aromatic carbocycles. The maximum absolute atomic E-state index is 13.6. The lowest BCUT2D eigenvalue weighted by Gasteiger charge is -2.15. The Morgan fingerprint density at radius 1 is 1.37 bits per heavy atom. The standard InChI is InChI=1S/C12H18F2N4S/c1-2-19-8-4-3-7(5-8)16-11-9(13)6-10(14)12(17-11)18-15/h6-8H,2-5,15H2,1H3,(H2,16,17,18). The smallest absolute Gasteiger partial charge is 0.178 e. The van der Waals surface area contributed by atoms with Gasteiger partial charge in [0.1, 0.15) is 0 Å². The number of hydrogen-bond acceptors (Lipinski definition) is 5. The fourth-order valence-electron chi connectivity index (χ4n) is 2.32. The third-order valence-corrected chi connectivity index (χ3v) is 4.43. The zero-order chi connectivity index (χ0) is 13.8. The number of hydrogen-bond donors (Lipinski definition) is 3. The summed E-state index contributed by atoms with van der Waals surface area (Å²) in [7, 11) is 0. The number of pyridine rings is 1. The van der Waals surface area contributed by atoms with Crippen LogP contribution in [0.4, 0.5) is 20.4 Å². The summed E-state index contributed by atoms with van der Waals surface area (Å²) in [5.74, 6) is 4.64. The number of aromatic nitrogens is 1. The second-order valence-electron chi connectivity index (χ2n) is 4.53. The average molecular weight is 288 g/mol. The quantitative estimate of drug-likeness (QED) is 0.574. The largest absolute Gasteiger partial charge is 0.365 e. The van der Waals surface area contributed by atoms with Gasteiger partial charge in [-0.25, -0.2) is 19.6 Å². The maximum atomic E-state index is 13.6. The molecule has 1 heterocycles. The van der Waals surface area contributed by atoms with Gasteiger partial charge in [0.15, 0.2) is 23.3 Å². The number of hydrazine groups is 1. The van der Waals surface area contributed by atoms with Crippen molar-refractivity contribution in [3.05, 3.63) is 17.7 Å². The minimum absolute atomic E-state index is 0.0569. The molecule has 7 heteroatoms. The van der Waals surface area contributed by atoms with E-state index < -0.39 is 11.6 Å². The average Bonchev–Trinajstić information content (AvgIpc) is 2.81. The van der Waals surface area contributed by atoms with Gasteiger partial charge < -0.3 is 10.7 Å². The van der Waals surface area contributed by atoms with E-state index in [-0.39, 0.29) is 17.7 Å². The van der Waals surface area contributed by atoms with Crippen molar-refractivity contribution in [2.45, 2.75) is 37.5 Å². The molecule has 1 saturated carbocycles. The van der Waals surface area contributed by atoms with Crippen LogP contribution in [0.2, 0.25) is 0 Å². The van der Waals surface area contributed by atoms with E-state index in [0.717, 1.165) is 31.1 Å². The summed E-state index contributed by atoms with van der Waals surface area (Å²) in [6, 6.07) is 0.972. The molecule has 0 amide bonds. The fraction of sp³-hybridized carbons (Fsp3) is 0.583. The normalized spacial score (nSPS) is 22.5. The first kappa shape index (κ1) is 14.3. The van der Waals surface area contributed by atoms with E-state index >= 15 is 0 Å². The predicted octanol–water partition coefficient (Wildman–Crippen LogP) is 2.73. The number of thioether (sulfide) groups is 1. The fourth-order valence-corrected chi connectivity index (χ4v) is 3.46. The van der Waals surface area contributed by atoms with Gasteiger partial charge in [-0.2, -0.15) is 11.8 Å². The van der Waals surface area contributed by atoms with Gasteiger partial charge in [-0.1, -0.05) is 6.92 Å². The monoisotopic (exact) mass is 288 g/mol. The van der Waals surface area contributed by atoms with Crippen molar-refractivity contribution in [1.29, 1.82) is 0 Å². The molecule has 2 rings (SSSR count). The third kappa shape index (κ3) is 3.48. The maximum Gasteiger partial charge on any atom is 0.178 e. The van der Waals surface area contributed by atoms with Crippen LogP contribution in [0.3, 0.4) is 0 Å². The molecule has 4 nitrogen and oxygen atoms in total. The minimum atomic E-state index is -0.795. The van der Waals surface area contributed by atoms with Gasteiger partial charge in [-0.3, -0.25) is 0 Å². The Hall–Kier alpha value is -1.08. The Kier molecular flexibility index (Phi) is 4.81. The SMILES string of the molecule is CCSC1CCC(Nc2nc(NN)c(F)cc2F)C1. The van der Waals surface area contributed by atoms with Crippen LogP contribution >= 0.6 is 11.8 Å². The Balaban J connectivity index is 2.03. The molecule has 106 valence electrons. The lowest BCUT2D eigenvalue weighted by Crippen LogP contribution is -2.19. The highest BCUT2D eigenvalue weighted by Crippen LogP contribution is 2.32. The Bertz CT molecular complexity index is 444. The third-order valence-electron chi connectivity index (χ3n) is 3.19. The molecule has 1 aromatic rings. The molecule has 2 unspecified atom stereocenters. The highest BCUT2D eigenvalue weighted by molar-refractivity contribution is 7.99. The van der Waals surface area contributed by atoms with E-state index in [0.29, 0.717) is 5.25 Å². The Labute approximate surface area is 115 Å². The van der Waals surface area contributed by atoms with E-state index in [4.69, 9.17) is 5.84 Å². The lowest BCUT2D eigenvalue weighted by molar-refractivity contribution is 0.575. The zero-order valence-electron chi connectivity index (χ0n) is 10.7.